The Hall–Kier alpha value is -0.860. The van der Waals surface area contributed by atoms with Gasteiger partial charge in [0.1, 0.15) is 0 Å². The van der Waals surface area contributed by atoms with Crippen LogP contribution in [0.5, 0.6) is 0 Å². The zero-order chi connectivity index (χ0) is 10.5. The maximum Gasteiger partial charge on any atom is 0.0402 e. The van der Waals surface area contributed by atoms with Gasteiger partial charge in [0, 0.05) is 13.2 Å². The molecule has 0 aromatic heterocycles. The molecule has 0 aliphatic heterocycles. The minimum atomic E-state index is 0.250. The van der Waals surface area contributed by atoms with E-state index in [4.69, 9.17) is 10.2 Å². The maximum atomic E-state index is 7.57. The summed E-state index contributed by atoms with van der Waals surface area (Å²) in [5.41, 5.74) is 1.32. The minimum Gasteiger partial charge on any atom is -0.397 e. The molecule has 2 heteroatoms. The summed E-state index contributed by atoms with van der Waals surface area (Å²) in [5.74, 6) is 0. The van der Waals surface area contributed by atoms with Crippen LogP contribution in [0.25, 0.3) is 0 Å². The van der Waals surface area contributed by atoms with Crippen LogP contribution in [-0.4, -0.2) is 23.4 Å². The summed E-state index contributed by atoms with van der Waals surface area (Å²) in [7, 11) is 0. The van der Waals surface area contributed by atoms with E-state index >= 15 is 0 Å². The first-order chi connectivity index (χ1) is 6.22. The third-order valence-electron chi connectivity index (χ3n) is 0.940. The van der Waals surface area contributed by atoms with Crippen molar-refractivity contribution >= 4 is 0 Å². The Labute approximate surface area is 80.9 Å². The van der Waals surface area contributed by atoms with Gasteiger partial charge in [-0.25, -0.2) is 0 Å². The van der Waals surface area contributed by atoms with E-state index in [2.05, 4.69) is 19.1 Å². The highest BCUT2D eigenvalue weighted by Crippen LogP contribution is 1.92. The highest BCUT2D eigenvalue weighted by Gasteiger charge is 1.72. The topological polar surface area (TPSA) is 40.5 Å². The molecule has 76 valence electrons. The molecule has 0 saturated carbocycles. The molecule has 0 atom stereocenters. The predicted octanol–water partition coefficient (Wildman–Crippen LogP) is 1.99. The average molecular weight is 184 g/mol. The van der Waals surface area contributed by atoms with Gasteiger partial charge >= 0.3 is 0 Å². The van der Waals surface area contributed by atoms with E-state index in [-0.39, 0.29) is 13.2 Å². The zero-order valence-electron chi connectivity index (χ0n) is 8.70. The van der Waals surface area contributed by atoms with Crippen molar-refractivity contribution in [3.8, 4) is 0 Å². The van der Waals surface area contributed by atoms with Crippen LogP contribution in [0.15, 0.2) is 30.3 Å². The van der Waals surface area contributed by atoms with Crippen LogP contribution in [0, 0.1) is 6.92 Å². The van der Waals surface area contributed by atoms with Crippen molar-refractivity contribution < 1.29 is 10.2 Å². The van der Waals surface area contributed by atoms with Gasteiger partial charge in [-0.05, 0) is 20.8 Å². The summed E-state index contributed by atoms with van der Waals surface area (Å²) in [6, 6.07) is 10.3. The molecule has 0 heterocycles. The smallest absolute Gasteiger partial charge is 0.0402 e. The van der Waals surface area contributed by atoms with Crippen molar-refractivity contribution in [2.45, 2.75) is 20.8 Å². The third-order valence-corrected chi connectivity index (χ3v) is 0.940. The second-order valence-corrected chi connectivity index (χ2v) is 2.29. The van der Waals surface area contributed by atoms with E-state index in [0.29, 0.717) is 0 Å². The van der Waals surface area contributed by atoms with Crippen molar-refractivity contribution in [1.82, 2.24) is 0 Å². The number of aliphatic hydroxyl groups is 2. The third kappa shape index (κ3) is 18.3. The number of hydrogen-bond donors (Lipinski definition) is 2. The van der Waals surface area contributed by atoms with Crippen LogP contribution in [0.3, 0.4) is 0 Å². The quantitative estimate of drug-likeness (QED) is 0.647. The standard InChI is InChI=1S/C7H8.2C2H6O/c1-7-5-3-2-4-6-7;2*1-2-3/h2-6H,1H3;2*3H,2H2,1H3. The Bertz CT molecular complexity index is 159. The number of benzene rings is 1. The second kappa shape index (κ2) is 13.7. The summed E-state index contributed by atoms with van der Waals surface area (Å²) in [6.07, 6.45) is 0. The second-order valence-electron chi connectivity index (χ2n) is 2.29. The number of rotatable bonds is 0. The minimum absolute atomic E-state index is 0.250. The van der Waals surface area contributed by atoms with Crippen LogP contribution in [-0.2, 0) is 0 Å². The summed E-state index contributed by atoms with van der Waals surface area (Å²) in [6.45, 7) is 5.94. The number of aliphatic hydroxyl groups excluding tert-OH is 2. The van der Waals surface area contributed by atoms with Crippen molar-refractivity contribution in [3.05, 3.63) is 35.9 Å². The largest absolute Gasteiger partial charge is 0.397 e. The van der Waals surface area contributed by atoms with Gasteiger partial charge in [-0.15, -0.1) is 0 Å². The lowest BCUT2D eigenvalue weighted by atomic mass is 10.2. The van der Waals surface area contributed by atoms with Gasteiger partial charge < -0.3 is 10.2 Å². The SMILES string of the molecule is CCO.CCO.Cc1ccccc1. The van der Waals surface area contributed by atoms with Gasteiger partial charge in [0.15, 0.2) is 0 Å². The molecule has 1 aromatic rings. The van der Waals surface area contributed by atoms with Crippen LogP contribution in [0.4, 0.5) is 0 Å². The van der Waals surface area contributed by atoms with E-state index in [0.717, 1.165) is 0 Å². The molecule has 1 rings (SSSR count). The predicted molar refractivity (Wildman–Crippen MR) is 56.7 cm³/mol. The normalized spacial score (nSPS) is 7.46. The van der Waals surface area contributed by atoms with Gasteiger partial charge in [-0.3, -0.25) is 0 Å². The van der Waals surface area contributed by atoms with Crippen molar-refractivity contribution in [3.63, 3.8) is 0 Å². The molecule has 0 radical (unpaired) electrons. The Kier molecular flexibility index (Phi) is 15.5. The molecular formula is C11H20O2. The molecule has 2 nitrogen and oxygen atoms in total. The Balaban J connectivity index is 0. The average Bonchev–Trinajstić information content (AvgIpc) is 2.08. The lowest BCUT2D eigenvalue weighted by Crippen LogP contribution is -1.62. The number of aryl methyl sites for hydroxylation is 1. The lowest BCUT2D eigenvalue weighted by molar-refractivity contribution is 0.318. The highest BCUT2D eigenvalue weighted by atomic mass is 16.3. The Morgan fingerprint density at radius 2 is 1.23 bits per heavy atom. The van der Waals surface area contributed by atoms with Gasteiger partial charge in [-0.1, -0.05) is 35.9 Å². The van der Waals surface area contributed by atoms with Gasteiger partial charge in [0.2, 0.25) is 0 Å². The lowest BCUT2D eigenvalue weighted by Gasteiger charge is -1.82. The van der Waals surface area contributed by atoms with E-state index in [1.807, 2.05) is 18.2 Å². The van der Waals surface area contributed by atoms with Gasteiger partial charge in [0.25, 0.3) is 0 Å². The van der Waals surface area contributed by atoms with E-state index in [1.54, 1.807) is 13.8 Å². The van der Waals surface area contributed by atoms with Crippen LogP contribution in [0.1, 0.15) is 19.4 Å². The number of hydrogen-bond acceptors (Lipinski definition) is 2. The molecule has 1 aromatic carbocycles. The first kappa shape index (κ1) is 14.7. The Morgan fingerprint density at radius 1 is 0.923 bits per heavy atom. The molecule has 13 heavy (non-hydrogen) atoms. The first-order valence-electron chi connectivity index (χ1n) is 4.46. The summed E-state index contributed by atoms with van der Waals surface area (Å²) < 4.78 is 0. The van der Waals surface area contributed by atoms with E-state index in [9.17, 15) is 0 Å². The molecule has 0 aliphatic carbocycles. The van der Waals surface area contributed by atoms with Gasteiger partial charge in [0.05, 0.1) is 0 Å². The molecule has 0 aliphatic rings. The molecule has 0 amide bonds. The summed E-state index contributed by atoms with van der Waals surface area (Å²) in [4.78, 5) is 0. The fraction of sp³-hybridized carbons (Fsp3) is 0.455. The Morgan fingerprint density at radius 3 is 1.38 bits per heavy atom. The molecule has 0 bridgehead atoms. The van der Waals surface area contributed by atoms with Crippen LogP contribution < -0.4 is 0 Å². The summed E-state index contributed by atoms with van der Waals surface area (Å²) in [5, 5.41) is 15.1. The molecule has 0 saturated heterocycles. The molecular weight excluding hydrogens is 164 g/mol. The van der Waals surface area contributed by atoms with Crippen molar-refractivity contribution in [2.24, 2.45) is 0 Å². The molecule has 0 unspecified atom stereocenters. The fourth-order valence-corrected chi connectivity index (χ4v) is 0.534. The maximum absolute atomic E-state index is 7.57. The van der Waals surface area contributed by atoms with Gasteiger partial charge in [-0.2, -0.15) is 0 Å². The monoisotopic (exact) mass is 184 g/mol. The molecule has 0 spiro atoms. The summed E-state index contributed by atoms with van der Waals surface area (Å²) >= 11 is 0. The molecule has 0 fully saturated rings. The molecule has 2 N–H and O–H groups in total. The van der Waals surface area contributed by atoms with E-state index in [1.165, 1.54) is 5.56 Å². The van der Waals surface area contributed by atoms with Crippen LogP contribution >= 0.6 is 0 Å². The zero-order valence-corrected chi connectivity index (χ0v) is 8.70. The first-order valence-corrected chi connectivity index (χ1v) is 4.46. The van der Waals surface area contributed by atoms with Crippen molar-refractivity contribution in [2.75, 3.05) is 13.2 Å². The van der Waals surface area contributed by atoms with E-state index < -0.39 is 0 Å². The van der Waals surface area contributed by atoms with Crippen LogP contribution in [0.2, 0.25) is 0 Å². The highest BCUT2D eigenvalue weighted by molar-refractivity contribution is 5.11. The van der Waals surface area contributed by atoms with Crippen molar-refractivity contribution in [1.29, 1.82) is 0 Å². The fourth-order valence-electron chi connectivity index (χ4n) is 0.534.